The average Bonchev–Trinajstić information content (AvgIpc) is 2.60. The maximum Gasteiger partial charge on any atom is 0.472 e. The van der Waals surface area contributed by atoms with Gasteiger partial charge in [0.05, 0.1) is 12.7 Å². The van der Waals surface area contributed by atoms with Gasteiger partial charge in [0, 0.05) is 13.6 Å². The smallest absolute Gasteiger partial charge is 0.444 e. The molecule has 0 aromatic rings. The van der Waals surface area contributed by atoms with E-state index in [-0.39, 0.29) is 6.61 Å². The molecular weight excluding hydrogens is 393 g/mol. The Morgan fingerprint density at radius 1 is 1.00 bits per heavy atom. The molecule has 0 saturated carbocycles. The van der Waals surface area contributed by atoms with E-state index >= 15 is 0 Å². The number of unbranched alkanes of at least 4 members (excludes halogenated alkanes) is 6. The molecule has 0 aliphatic carbocycles. The normalized spacial score (nSPS) is 15.0. The van der Waals surface area contributed by atoms with Crippen LogP contribution in [-0.4, -0.2) is 47.8 Å². The van der Waals surface area contributed by atoms with Gasteiger partial charge in [-0.15, -0.1) is 0 Å². The summed E-state index contributed by atoms with van der Waals surface area (Å²) < 4.78 is 28.1. The molecular formula is C21H44NO6P. The van der Waals surface area contributed by atoms with Gasteiger partial charge in [-0.05, 0) is 40.0 Å². The SMILES string of the molecule is CCCCCCCCCOP(=O)(O)OC(CCC)CCN(C)C(=O)OC(C)(C)C. The van der Waals surface area contributed by atoms with Crippen LogP contribution < -0.4 is 0 Å². The van der Waals surface area contributed by atoms with Gasteiger partial charge in [0.15, 0.2) is 0 Å². The summed E-state index contributed by atoms with van der Waals surface area (Å²) in [7, 11) is -2.45. The van der Waals surface area contributed by atoms with E-state index < -0.39 is 25.6 Å². The molecule has 1 N–H and O–H groups in total. The fourth-order valence-corrected chi connectivity index (χ4v) is 3.81. The van der Waals surface area contributed by atoms with Crippen LogP contribution in [-0.2, 0) is 18.3 Å². The van der Waals surface area contributed by atoms with Crippen LogP contribution in [0.25, 0.3) is 0 Å². The highest BCUT2D eigenvalue weighted by atomic mass is 31.2. The van der Waals surface area contributed by atoms with E-state index in [2.05, 4.69) is 6.92 Å². The molecule has 0 rings (SSSR count). The van der Waals surface area contributed by atoms with E-state index in [1.54, 1.807) is 7.05 Å². The van der Waals surface area contributed by atoms with Crippen molar-refractivity contribution in [1.29, 1.82) is 0 Å². The van der Waals surface area contributed by atoms with Gasteiger partial charge in [-0.1, -0.05) is 58.8 Å². The number of phosphoric acid groups is 1. The zero-order valence-corrected chi connectivity index (χ0v) is 20.3. The minimum absolute atomic E-state index is 0.220. The summed E-state index contributed by atoms with van der Waals surface area (Å²) in [5.41, 5.74) is -0.560. The van der Waals surface area contributed by atoms with Gasteiger partial charge in [0.2, 0.25) is 0 Å². The molecule has 2 atom stereocenters. The molecule has 1 amide bonds. The first-order valence-electron chi connectivity index (χ1n) is 11.1. The largest absolute Gasteiger partial charge is 0.472 e. The number of hydrogen-bond acceptors (Lipinski definition) is 5. The molecule has 0 aliphatic heterocycles. The van der Waals surface area contributed by atoms with E-state index in [1.807, 2.05) is 27.7 Å². The molecule has 0 aromatic carbocycles. The third-order valence-electron chi connectivity index (χ3n) is 4.39. The molecule has 174 valence electrons. The minimum Gasteiger partial charge on any atom is -0.444 e. The molecule has 29 heavy (non-hydrogen) atoms. The number of carbonyl (C=O) groups is 1. The lowest BCUT2D eigenvalue weighted by atomic mass is 10.1. The Morgan fingerprint density at radius 3 is 2.14 bits per heavy atom. The van der Waals surface area contributed by atoms with Crippen molar-refractivity contribution in [1.82, 2.24) is 4.90 Å². The lowest BCUT2D eigenvalue weighted by Gasteiger charge is -2.26. The second-order valence-electron chi connectivity index (χ2n) is 8.63. The average molecular weight is 438 g/mol. The van der Waals surface area contributed by atoms with Gasteiger partial charge >= 0.3 is 13.9 Å². The summed E-state index contributed by atoms with van der Waals surface area (Å²) in [5, 5.41) is 0. The Bertz CT molecular complexity index is 480. The van der Waals surface area contributed by atoms with E-state index in [0.29, 0.717) is 19.4 Å². The van der Waals surface area contributed by atoms with E-state index in [4.69, 9.17) is 13.8 Å². The molecule has 0 bridgehead atoms. The topological polar surface area (TPSA) is 85.3 Å². The molecule has 0 fully saturated rings. The van der Waals surface area contributed by atoms with E-state index in [1.165, 1.54) is 30.6 Å². The number of rotatable bonds is 16. The fourth-order valence-electron chi connectivity index (χ4n) is 2.80. The number of nitrogens with zero attached hydrogens (tertiary/aromatic N) is 1. The van der Waals surface area contributed by atoms with Crippen molar-refractivity contribution >= 4 is 13.9 Å². The van der Waals surface area contributed by atoms with Crippen molar-refractivity contribution in [2.75, 3.05) is 20.2 Å². The van der Waals surface area contributed by atoms with Gasteiger partial charge < -0.3 is 14.5 Å². The highest BCUT2D eigenvalue weighted by Gasteiger charge is 2.27. The van der Waals surface area contributed by atoms with E-state index in [9.17, 15) is 14.3 Å². The molecule has 8 heteroatoms. The van der Waals surface area contributed by atoms with Crippen LogP contribution in [0.15, 0.2) is 0 Å². The Morgan fingerprint density at radius 2 is 1.59 bits per heavy atom. The van der Waals surface area contributed by atoms with Crippen molar-refractivity contribution in [3.8, 4) is 0 Å². The first-order chi connectivity index (χ1) is 13.5. The minimum atomic E-state index is -4.10. The zero-order valence-electron chi connectivity index (χ0n) is 19.4. The van der Waals surface area contributed by atoms with Gasteiger partial charge in [-0.2, -0.15) is 0 Å². The van der Waals surface area contributed by atoms with Crippen LogP contribution in [0.1, 0.15) is 98.8 Å². The molecule has 0 aromatic heterocycles. The van der Waals surface area contributed by atoms with Crippen LogP contribution >= 0.6 is 7.82 Å². The van der Waals surface area contributed by atoms with Crippen molar-refractivity contribution < 1.29 is 28.0 Å². The third kappa shape index (κ3) is 16.8. The lowest BCUT2D eigenvalue weighted by Crippen LogP contribution is -2.35. The molecule has 0 spiro atoms. The predicted octanol–water partition coefficient (Wildman–Crippen LogP) is 6.30. The van der Waals surface area contributed by atoms with E-state index in [0.717, 1.165) is 25.7 Å². The molecule has 7 nitrogen and oxygen atoms in total. The molecule has 0 saturated heterocycles. The third-order valence-corrected chi connectivity index (χ3v) is 5.46. The van der Waals surface area contributed by atoms with Gasteiger partial charge in [-0.3, -0.25) is 9.05 Å². The highest BCUT2D eigenvalue weighted by molar-refractivity contribution is 7.47. The Hall–Kier alpha value is -0.620. The number of phosphoric ester groups is 1. The zero-order chi connectivity index (χ0) is 22.3. The quantitative estimate of drug-likeness (QED) is 0.225. The number of hydrogen-bond donors (Lipinski definition) is 1. The second-order valence-corrected chi connectivity index (χ2v) is 10.0. The van der Waals surface area contributed by atoms with Crippen molar-refractivity contribution in [2.45, 2.75) is 111 Å². The van der Waals surface area contributed by atoms with Gasteiger partial charge in [-0.25, -0.2) is 9.36 Å². The molecule has 0 aliphatic rings. The van der Waals surface area contributed by atoms with Crippen LogP contribution in [0.4, 0.5) is 4.79 Å². The predicted molar refractivity (Wildman–Crippen MR) is 117 cm³/mol. The summed E-state index contributed by atoms with van der Waals surface area (Å²) >= 11 is 0. The Balaban J connectivity index is 4.26. The summed E-state index contributed by atoms with van der Waals surface area (Å²) in [4.78, 5) is 23.5. The first-order valence-corrected chi connectivity index (χ1v) is 12.6. The monoisotopic (exact) mass is 437 g/mol. The summed E-state index contributed by atoms with van der Waals surface area (Å²) in [5.74, 6) is 0. The van der Waals surface area contributed by atoms with Crippen molar-refractivity contribution in [2.24, 2.45) is 0 Å². The number of carbonyl (C=O) groups excluding carboxylic acids is 1. The molecule has 0 radical (unpaired) electrons. The summed E-state index contributed by atoms with van der Waals surface area (Å²) in [6.07, 6.45) is 8.78. The van der Waals surface area contributed by atoms with Crippen LogP contribution in [0.2, 0.25) is 0 Å². The maximum atomic E-state index is 12.2. The standard InChI is InChI=1S/C21H44NO6P/c1-7-9-10-11-12-13-14-18-26-29(24,25)28-19(15-8-2)16-17-22(6)20(23)27-21(3,4)5/h19H,7-18H2,1-6H3,(H,24,25). The summed E-state index contributed by atoms with van der Waals surface area (Å²) in [6.45, 7) is 10.2. The first kappa shape index (κ1) is 28.4. The Labute approximate surface area is 178 Å². The van der Waals surface area contributed by atoms with Crippen LogP contribution in [0.3, 0.4) is 0 Å². The highest BCUT2D eigenvalue weighted by Crippen LogP contribution is 2.45. The second kappa shape index (κ2) is 15.2. The fraction of sp³-hybridized carbons (Fsp3) is 0.952. The van der Waals surface area contributed by atoms with Gasteiger partial charge in [0.1, 0.15) is 5.60 Å². The van der Waals surface area contributed by atoms with Crippen molar-refractivity contribution in [3.05, 3.63) is 0 Å². The molecule has 2 unspecified atom stereocenters. The summed E-state index contributed by atoms with van der Waals surface area (Å²) in [6, 6.07) is 0. The maximum absolute atomic E-state index is 12.2. The van der Waals surface area contributed by atoms with Crippen LogP contribution in [0, 0.1) is 0 Å². The molecule has 0 heterocycles. The Kier molecular flexibility index (Phi) is 14.9. The lowest BCUT2D eigenvalue weighted by molar-refractivity contribution is 0.0267. The number of ether oxygens (including phenoxy) is 1. The number of amides is 1. The van der Waals surface area contributed by atoms with Gasteiger partial charge in [0.25, 0.3) is 0 Å². The van der Waals surface area contributed by atoms with Crippen LogP contribution in [0.5, 0.6) is 0 Å². The van der Waals surface area contributed by atoms with Crippen molar-refractivity contribution in [3.63, 3.8) is 0 Å².